The average molecular weight is 363 g/mol. The van der Waals surface area contributed by atoms with Gasteiger partial charge in [0.1, 0.15) is 5.75 Å². The Hall–Kier alpha value is -0.980. The van der Waals surface area contributed by atoms with Crippen molar-refractivity contribution in [2.75, 3.05) is 20.2 Å². The molecule has 0 amide bonds. The normalized spacial score (nSPS) is 10.5. The summed E-state index contributed by atoms with van der Waals surface area (Å²) < 4.78 is 5.56. The smallest absolute Gasteiger partial charge is 0.191 e. The Balaban J connectivity index is 0.00000289. The van der Waals surface area contributed by atoms with Crippen molar-refractivity contribution in [2.24, 2.45) is 4.99 Å². The molecular formula is C13H22IN3O. The third kappa shape index (κ3) is 5.57. The number of aliphatic imine (C=N–C) groups is 1. The molecule has 0 radical (unpaired) electrons. The number of benzene rings is 1. The molecule has 4 nitrogen and oxygen atoms in total. The number of hydrogen-bond acceptors (Lipinski definition) is 2. The molecule has 2 N–H and O–H groups in total. The maximum Gasteiger partial charge on any atom is 0.191 e. The topological polar surface area (TPSA) is 45.7 Å². The van der Waals surface area contributed by atoms with Crippen LogP contribution in [0.4, 0.5) is 0 Å². The van der Waals surface area contributed by atoms with Crippen LogP contribution in [0.5, 0.6) is 5.75 Å². The molecule has 0 spiro atoms. The van der Waals surface area contributed by atoms with Gasteiger partial charge in [-0.15, -0.1) is 24.0 Å². The predicted molar refractivity (Wildman–Crippen MR) is 86.9 cm³/mol. The summed E-state index contributed by atoms with van der Waals surface area (Å²) >= 11 is 0. The van der Waals surface area contributed by atoms with E-state index in [0.29, 0.717) is 13.2 Å². The Kier molecular flexibility index (Phi) is 9.45. The molecule has 0 aliphatic rings. The van der Waals surface area contributed by atoms with Gasteiger partial charge in [0.2, 0.25) is 0 Å². The highest BCUT2D eigenvalue weighted by molar-refractivity contribution is 14.0. The summed E-state index contributed by atoms with van der Waals surface area (Å²) in [5.41, 5.74) is 1.13. The van der Waals surface area contributed by atoms with Crippen LogP contribution in [0.3, 0.4) is 0 Å². The molecule has 1 aromatic carbocycles. The number of para-hydroxylation sites is 1. The van der Waals surface area contributed by atoms with Gasteiger partial charge in [0.05, 0.1) is 6.61 Å². The molecule has 0 aliphatic carbocycles. The van der Waals surface area contributed by atoms with Gasteiger partial charge < -0.3 is 15.4 Å². The Morgan fingerprint density at radius 2 is 1.94 bits per heavy atom. The second-order valence-corrected chi connectivity index (χ2v) is 3.50. The standard InChI is InChI=1S/C13H21N3O.HI/c1-4-15-13(14-3)16-10-11-8-6-7-9-12(11)17-5-2;/h6-9H,4-5,10H2,1-3H3,(H2,14,15,16);1H. The monoisotopic (exact) mass is 363 g/mol. The average Bonchev–Trinajstić information content (AvgIpc) is 2.36. The summed E-state index contributed by atoms with van der Waals surface area (Å²) in [6.45, 7) is 6.27. The quantitative estimate of drug-likeness (QED) is 0.480. The van der Waals surface area contributed by atoms with Crippen LogP contribution >= 0.6 is 24.0 Å². The van der Waals surface area contributed by atoms with E-state index in [-0.39, 0.29) is 24.0 Å². The Morgan fingerprint density at radius 3 is 2.56 bits per heavy atom. The minimum Gasteiger partial charge on any atom is -0.494 e. The van der Waals surface area contributed by atoms with Crippen LogP contribution in [-0.4, -0.2) is 26.2 Å². The summed E-state index contributed by atoms with van der Waals surface area (Å²) in [5, 5.41) is 6.40. The largest absolute Gasteiger partial charge is 0.494 e. The van der Waals surface area contributed by atoms with E-state index >= 15 is 0 Å². The Bertz CT molecular complexity index is 369. The van der Waals surface area contributed by atoms with Gasteiger partial charge in [-0.25, -0.2) is 0 Å². The van der Waals surface area contributed by atoms with Gasteiger partial charge in [0.15, 0.2) is 5.96 Å². The van der Waals surface area contributed by atoms with Crippen LogP contribution in [0.2, 0.25) is 0 Å². The second-order valence-electron chi connectivity index (χ2n) is 3.50. The molecule has 0 unspecified atom stereocenters. The molecule has 0 aliphatic heterocycles. The summed E-state index contributed by atoms with van der Waals surface area (Å²) in [5.74, 6) is 1.73. The molecule has 0 saturated carbocycles. The van der Waals surface area contributed by atoms with Gasteiger partial charge >= 0.3 is 0 Å². The minimum atomic E-state index is 0. The number of nitrogens with one attached hydrogen (secondary N) is 2. The molecule has 0 fully saturated rings. The number of nitrogens with zero attached hydrogens (tertiary/aromatic N) is 1. The van der Waals surface area contributed by atoms with Crippen molar-refractivity contribution >= 4 is 29.9 Å². The van der Waals surface area contributed by atoms with E-state index in [2.05, 4.69) is 21.7 Å². The van der Waals surface area contributed by atoms with Gasteiger partial charge in [-0.2, -0.15) is 0 Å². The van der Waals surface area contributed by atoms with Crippen LogP contribution in [0, 0.1) is 0 Å². The zero-order chi connectivity index (χ0) is 12.5. The SMILES string of the molecule is CCNC(=NC)NCc1ccccc1OCC.I. The predicted octanol–water partition coefficient (Wildman–Crippen LogP) is 2.39. The molecule has 0 saturated heterocycles. The number of halogens is 1. The van der Waals surface area contributed by atoms with E-state index < -0.39 is 0 Å². The van der Waals surface area contributed by atoms with Crippen LogP contribution < -0.4 is 15.4 Å². The Labute approximate surface area is 126 Å². The van der Waals surface area contributed by atoms with Gasteiger partial charge in [0.25, 0.3) is 0 Å². The third-order valence-electron chi connectivity index (χ3n) is 2.29. The number of hydrogen-bond donors (Lipinski definition) is 2. The van der Waals surface area contributed by atoms with Crippen LogP contribution in [0.15, 0.2) is 29.3 Å². The lowest BCUT2D eigenvalue weighted by atomic mass is 10.2. The number of guanidine groups is 1. The second kappa shape index (κ2) is 9.99. The molecule has 0 aromatic heterocycles. The van der Waals surface area contributed by atoms with E-state index in [1.54, 1.807) is 7.05 Å². The fraction of sp³-hybridized carbons (Fsp3) is 0.462. The summed E-state index contributed by atoms with van der Waals surface area (Å²) in [6, 6.07) is 8.02. The molecule has 18 heavy (non-hydrogen) atoms. The van der Waals surface area contributed by atoms with E-state index in [4.69, 9.17) is 4.74 Å². The maximum absolute atomic E-state index is 5.56. The fourth-order valence-electron chi connectivity index (χ4n) is 1.51. The highest BCUT2D eigenvalue weighted by atomic mass is 127. The molecule has 5 heteroatoms. The fourth-order valence-corrected chi connectivity index (χ4v) is 1.51. The zero-order valence-electron chi connectivity index (χ0n) is 11.2. The van der Waals surface area contributed by atoms with Gasteiger partial charge in [0, 0.05) is 25.7 Å². The first-order valence-corrected chi connectivity index (χ1v) is 5.97. The van der Waals surface area contributed by atoms with Crippen molar-refractivity contribution in [3.8, 4) is 5.75 Å². The van der Waals surface area contributed by atoms with Crippen LogP contribution in [-0.2, 0) is 6.54 Å². The van der Waals surface area contributed by atoms with Crippen molar-refractivity contribution in [2.45, 2.75) is 20.4 Å². The molecule has 1 aromatic rings. The van der Waals surface area contributed by atoms with Crippen molar-refractivity contribution in [1.29, 1.82) is 0 Å². The molecule has 1 rings (SSSR count). The first kappa shape index (κ1) is 17.0. The molecule has 0 atom stereocenters. The molecule has 0 bridgehead atoms. The first-order valence-electron chi connectivity index (χ1n) is 5.97. The van der Waals surface area contributed by atoms with Crippen molar-refractivity contribution in [3.05, 3.63) is 29.8 Å². The highest BCUT2D eigenvalue weighted by Gasteiger charge is 2.02. The first-order chi connectivity index (χ1) is 8.31. The minimum absolute atomic E-state index is 0. The van der Waals surface area contributed by atoms with E-state index in [0.717, 1.165) is 23.8 Å². The summed E-state index contributed by atoms with van der Waals surface area (Å²) in [6.07, 6.45) is 0. The molecule has 0 heterocycles. The lowest BCUT2D eigenvalue weighted by Crippen LogP contribution is -2.36. The lowest BCUT2D eigenvalue weighted by molar-refractivity contribution is 0.336. The van der Waals surface area contributed by atoms with Crippen molar-refractivity contribution in [1.82, 2.24) is 10.6 Å². The Morgan fingerprint density at radius 1 is 1.22 bits per heavy atom. The highest BCUT2D eigenvalue weighted by Crippen LogP contribution is 2.17. The summed E-state index contributed by atoms with van der Waals surface area (Å²) in [7, 11) is 1.76. The van der Waals surface area contributed by atoms with Crippen LogP contribution in [0.25, 0.3) is 0 Å². The maximum atomic E-state index is 5.56. The van der Waals surface area contributed by atoms with Crippen LogP contribution in [0.1, 0.15) is 19.4 Å². The van der Waals surface area contributed by atoms with Gasteiger partial charge in [-0.1, -0.05) is 18.2 Å². The number of ether oxygens (including phenoxy) is 1. The van der Waals surface area contributed by atoms with Gasteiger partial charge in [-0.3, -0.25) is 4.99 Å². The summed E-state index contributed by atoms with van der Waals surface area (Å²) in [4.78, 5) is 4.12. The molecular weight excluding hydrogens is 341 g/mol. The third-order valence-corrected chi connectivity index (χ3v) is 2.29. The molecule has 102 valence electrons. The van der Waals surface area contributed by atoms with Crippen molar-refractivity contribution in [3.63, 3.8) is 0 Å². The van der Waals surface area contributed by atoms with Crippen molar-refractivity contribution < 1.29 is 4.74 Å². The van der Waals surface area contributed by atoms with E-state index in [1.165, 1.54) is 0 Å². The number of rotatable bonds is 5. The lowest BCUT2D eigenvalue weighted by Gasteiger charge is -2.13. The van der Waals surface area contributed by atoms with Gasteiger partial charge in [-0.05, 0) is 19.9 Å². The zero-order valence-corrected chi connectivity index (χ0v) is 13.5. The van der Waals surface area contributed by atoms with E-state index in [9.17, 15) is 0 Å². The van der Waals surface area contributed by atoms with E-state index in [1.807, 2.05) is 32.0 Å².